The van der Waals surface area contributed by atoms with E-state index in [2.05, 4.69) is 21.9 Å². The number of nitrogens with one attached hydrogen (secondary N) is 1. The van der Waals surface area contributed by atoms with Crippen molar-refractivity contribution < 1.29 is 22.7 Å². The monoisotopic (exact) mass is 411 g/mol. The zero-order chi connectivity index (χ0) is 20.6. The lowest BCUT2D eigenvalue weighted by Gasteiger charge is -2.26. The van der Waals surface area contributed by atoms with Crippen molar-refractivity contribution >= 4 is 5.91 Å². The number of carbonyl (C=O) groups is 1. The zero-order valence-electron chi connectivity index (χ0n) is 16.6. The number of ether oxygens (including phenoxy) is 1. The smallest absolute Gasteiger partial charge is 0.406 e. The minimum absolute atomic E-state index is 0.187. The van der Waals surface area contributed by atoms with Crippen LogP contribution in [0.4, 0.5) is 13.2 Å². The summed E-state index contributed by atoms with van der Waals surface area (Å²) in [4.78, 5) is 16.7. The lowest BCUT2D eigenvalue weighted by atomic mass is 10.2. The lowest BCUT2D eigenvalue weighted by molar-refractivity contribution is -0.274. The van der Waals surface area contributed by atoms with Gasteiger partial charge in [0.2, 0.25) is 5.91 Å². The van der Waals surface area contributed by atoms with Crippen molar-refractivity contribution in [3.8, 4) is 5.75 Å². The molecule has 0 radical (unpaired) electrons. The van der Waals surface area contributed by atoms with Crippen molar-refractivity contribution in [1.82, 2.24) is 15.1 Å². The van der Waals surface area contributed by atoms with E-state index in [0.717, 1.165) is 44.6 Å². The summed E-state index contributed by atoms with van der Waals surface area (Å²) in [5, 5.41) is 3.36. The molecule has 0 spiro atoms. The second kappa shape index (κ2) is 8.14. The van der Waals surface area contributed by atoms with Crippen LogP contribution in [0.5, 0.6) is 5.75 Å². The number of hydrogen-bond donors (Lipinski definition) is 1. The highest BCUT2D eigenvalue weighted by atomic mass is 19.4. The van der Waals surface area contributed by atoms with Crippen LogP contribution in [0.3, 0.4) is 0 Å². The van der Waals surface area contributed by atoms with Gasteiger partial charge in [-0.2, -0.15) is 0 Å². The number of likely N-dealkylation sites (tertiary alicyclic amines) is 2. The molecule has 0 bridgehead atoms. The molecule has 160 valence electrons. The molecule has 2 saturated heterocycles. The molecule has 2 aliphatic heterocycles. The van der Waals surface area contributed by atoms with Crippen molar-refractivity contribution in [2.45, 2.75) is 38.7 Å². The standard InChI is InChI=1S/C21H28F3N3O2/c1-14-4-3-7-27(14)20(28)13-26-11-18-17(19(18)12-26)10-25-9-15-5-2-6-16(8-15)29-21(22,23)24/h2,5-6,8,14,17-19,25H,3-4,7,9-13H2,1H3. The normalized spacial score (nSPS) is 29.2. The van der Waals surface area contributed by atoms with Crippen LogP contribution in [0.1, 0.15) is 25.3 Å². The molecule has 3 atom stereocenters. The molecule has 0 aromatic heterocycles. The highest BCUT2D eigenvalue weighted by Crippen LogP contribution is 2.51. The van der Waals surface area contributed by atoms with Crippen molar-refractivity contribution in [1.29, 1.82) is 0 Å². The Morgan fingerprint density at radius 1 is 1.28 bits per heavy atom. The molecule has 29 heavy (non-hydrogen) atoms. The number of amides is 1. The fourth-order valence-corrected chi connectivity index (χ4v) is 4.99. The van der Waals surface area contributed by atoms with Crippen molar-refractivity contribution in [3.05, 3.63) is 29.8 Å². The van der Waals surface area contributed by atoms with E-state index < -0.39 is 6.36 Å². The molecule has 8 heteroatoms. The van der Waals surface area contributed by atoms with Gasteiger partial charge in [-0.1, -0.05) is 12.1 Å². The van der Waals surface area contributed by atoms with Crippen LogP contribution >= 0.6 is 0 Å². The van der Waals surface area contributed by atoms with Crippen LogP contribution < -0.4 is 10.1 Å². The van der Waals surface area contributed by atoms with E-state index in [1.165, 1.54) is 12.1 Å². The Kier molecular flexibility index (Phi) is 5.75. The maximum atomic E-state index is 12.4. The number of rotatable bonds is 7. The van der Waals surface area contributed by atoms with E-state index in [0.29, 0.717) is 36.9 Å². The molecule has 3 aliphatic rings. The van der Waals surface area contributed by atoms with Gasteiger partial charge in [0.1, 0.15) is 5.75 Å². The Hall–Kier alpha value is -1.80. The van der Waals surface area contributed by atoms with Crippen molar-refractivity contribution in [2.75, 3.05) is 32.7 Å². The topological polar surface area (TPSA) is 44.8 Å². The molecule has 1 saturated carbocycles. The molecular weight excluding hydrogens is 383 g/mol. The largest absolute Gasteiger partial charge is 0.573 e. The Labute approximate surface area is 169 Å². The van der Waals surface area contributed by atoms with Crippen molar-refractivity contribution in [2.24, 2.45) is 17.8 Å². The van der Waals surface area contributed by atoms with E-state index in [1.54, 1.807) is 12.1 Å². The molecule has 1 aromatic carbocycles. The highest BCUT2D eigenvalue weighted by molar-refractivity contribution is 5.79. The summed E-state index contributed by atoms with van der Waals surface area (Å²) in [7, 11) is 0. The van der Waals surface area contributed by atoms with Gasteiger partial charge in [-0.05, 0) is 61.8 Å². The third-order valence-electron chi connectivity index (χ3n) is 6.52. The average molecular weight is 411 g/mol. The van der Waals surface area contributed by atoms with Gasteiger partial charge in [0.25, 0.3) is 0 Å². The first-order valence-corrected chi connectivity index (χ1v) is 10.4. The van der Waals surface area contributed by atoms with Crippen LogP contribution in [0.25, 0.3) is 0 Å². The number of carbonyl (C=O) groups excluding carboxylic acids is 1. The highest BCUT2D eigenvalue weighted by Gasteiger charge is 2.55. The van der Waals surface area contributed by atoms with E-state index in [4.69, 9.17) is 0 Å². The van der Waals surface area contributed by atoms with Gasteiger partial charge in [-0.3, -0.25) is 9.69 Å². The fourth-order valence-electron chi connectivity index (χ4n) is 4.99. The minimum Gasteiger partial charge on any atom is -0.406 e. The summed E-state index contributed by atoms with van der Waals surface area (Å²) in [6.45, 7) is 6.86. The van der Waals surface area contributed by atoms with E-state index in [1.807, 2.05) is 4.90 Å². The molecule has 5 nitrogen and oxygen atoms in total. The van der Waals surface area contributed by atoms with Gasteiger partial charge in [0, 0.05) is 32.2 Å². The molecule has 1 aromatic rings. The van der Waals surface area contributed by atoms with Crippen molar-refractivity contribution in [3.63, 3.8) is 0 Å². The van der Waals surface area contributed by atoms with Gasteiger partial charge >= 0.3 is 6.36 Å². The van der Waals surface area contributed by atoms with Crippen LogP contribution in [-0.4, -0.2) is 60.8 Å². The van der Waals surface area contributed by atoms with Gasteiger partial charge in [-0.15, -0.1) is 13.2 Å². The number of alkyl halides is 3. The molecule has 3 unspecified atom stereocenters. The van der Waals surface area contributed by atoms with E-state index in [-0.39, 0.29) is 11.7 Å². The maximum Gasteiger partial charge on any atom is 0.573 e. The molecular formula is C21H28F3N3O2. The fraction of sp³-hybridized carbons (Fsp3) is 0.667. The Morgan fingerprint density at radius 3 is 2.69 bits per heavy atom. The number of halogens is 3. The number of nitrogens with zero attached hydrogens (tertiary/aromatic N) is 2. The molecule has 1 N–H and O–H groups in total. The summed E-state index contributed by atoms with van der Waals surface area (Å²) in [5.41, 5.74) is 0.768. The first kappa shape index (κ1) is 20.5. The summed E-state index contributed by atoms with van der Waals surface area (Å²) in [5.74, 6) is 1.93. The van der Waals surface area contributed by atoms with Gasteiger partial charge in [-0.25, -0.2) is 0 Å². The lowest BCUT2D eigenvalue weighted by Crippen LogP contribution is -2.42. The third-order valence-corrected chi connectivity index (χ3v) is 6.52. The van der Waals surface area contributed by atoms with Crippen LogP contribution in [0, 0.1) is 17.8 Å². The van der Waals surface area contributed by atoms with Gasteiger partial charge in [0.05, 0.1) is 6.54 Å². The van der Waals surface area contributed by atoms with E-state index in [9.17, 15) is 18.0 Å². The quantitative estimate of drug-likeness (QED) is 0.750. The number of benzene rings is 1. The predicted octanol–water partition coefficient (Wildman–Crippen LogP) is 2.86. The average Bonchev–Trinajstić information content (AvgIpc) is 2.98. The number of piperidine rings is 1. The molecule has 2 heterocycles. The first-order chi connectivity index (χ1) is 13.8. The second-order valence-electron chi connectivity index (χ2n) is 8.59. The van der Waals surface area contributed by atoms with Gasteiger partial charge < -0.3 is 15.0 Å². The SMILES string of the molecule is CC1CCCN1C(=O)CN1CC2C(CNCc3cccc(OC(F)(F)F)c3)C2C1. The summed E-state index contributed by atoms with van der Waals surface area (Å²) < 4.78 is 40.9. The Bertz CT molecular complexity index is 730. The van der Waals surface area contributed by atoms with Gasteiger partial charge in [0.15, 0.2) is 0 Å². The Morgan fingerprint density at radius 2 is 2.03 bits per heavy atom. The summed E-state index contributed by atoms with van der Waals surface area (Å²) in [6, 6.07) is 6.45. The molecule has 3 fully saturated rings. The van der Waals surface area contributed by atoms with E-state index >= 15 is 0 Å². The summed E-state index contributed by atoms with van der Waals surface area (Å²) >= 11 is 0. The van der Waals surface area contributed by atoms with Crippen LogP contribution in [0.15, 0.2) is 24.3 Å². The first-order valence-electron chi connectivity index (χ1n) is 10.4. The summed E-state index contributed by atoms with van der Waals surface area (Å²) in [6.07, 6.45) is -2.45. The third kappa shape index (κ3) is 5.04. The molecule has 1 amide bonds. The molecule has 4 rings (SSSR count). The second-order valence-corrected chi connectivity index (χ2v) is 8.59. The maximum absolute atomic E-state index is 12.4. The predicted molar refractivity (Wildman–Crippen MR) is 102 cm³/mol. The van der Waals surface area contributed by atoms with Crippen LogP contribution in [0.2, 0.25) is 0 Å². The Balaban J connectivity index is 1.16. The van der Waals surface area contributed by atoms with Crippen LogP contribution in [-0.2, 0) is 11.3 Å². The number of fused-ring (bicyclic) bond motifs is 1. The number of hydrogen-bond acceptors (Lipinski definition) is 4. The zero-order valence-corrected chi connectivity index (χ0v) is 16.6. The minimum atomic E-state index is -4.67. The molecule has 1 aliphatic carbocycles.